The van der Waals surface area contributed by atoms with Gasteiger partial charge in [0.15, 0.2) is 0 Å². The van der Waals surface area contributed by atoms with E-state index in [1.807, 2.05) is 15.7 Å². The number of rotatable bonds is 4. The fraction of sp³-hybridized carbons (Fsp3) is 0.500. The molecule has 7 heteroatoms. The van der Waals surface area contributed by atoms with Crippen molar-refractivity contribution in [3.8, 4) is 0 Å². The summed E-state index contributed by atoms with van der Waals surface area (Å²) in [7, 11) is 0. The highest BCUT2D eigenvalue weighted by molar-refractivity contribution is 7.15. The standard InChI is InChI=1S/C18H23N5OS/c1-13-11-25-18-17(20-14(2)23(13)18)15-4-3-7-22(10-15)16(24)5-8-21-9-6-19-12-21/h6,9,11-12,15H,3-5,7-8,10H2,1-2H3/t15-/m1/s1. The predicted molar refractivity (Wildman–Crippen MR) is 97.9 cm³/mol. The lowest BCUT2D eigenvalue weighted by atomic mass is 9.95. The molecule has 0 spiro atoms. The molecule has 3 aromatic heterocycles. The Morgan fingerprint density at radius 1 is 1.40 bits per heavy atom. The smallest absolute Gasteiger partial charge is 0.224 e. The van der Waals surface area contributed by atoms with Gasteiger partial charge in [0, 0.05) is 55.4 Å². The number of aromatic nitrogens is 4. The Balaban J connectivity index is 1.47. The van der Waals surface area contributed by atoms with E-state index in [-0.39, 0.29) is 5.91 Å². The van der Waals surface area contributed by atoms with Gasteiger partial charge >= 0.3 is 0 Å². The van der Waals surface area contributed by atoms with Gasteiger partial charge in [-0.25, -0.2) is 9.97 Å². The minimum atomic E-state index is 0.230. The molecule has 1 aliphatic rings. The van der Waals surface area contributed by atoms with Crippen molar-refractivity contribution in [1.82, 2.24) is 23.8 Å². The van der Waals surface area contributed by atoms with Crippen LogP contribution in [0.25, 0.3) is 4.83 Å². The SMILES string of the molecule is Cc1csc2c([C@@H]3CCCN(C(=O)CCn4ccnc4)C3)nc(C)n12. The third kappa shape index (κ3) is 3.08. The molecule has 4 heterocycles. The van der Waals surface area contributed by atoms with E-state index in [2.05, 4.69) is 28.6 Å². The van der Waals surface area contributed by atoms with Gasteiger partial charge in [-0.1, -0.05) is 0 Å². The van der Waals surface area contributed by atoms with Gasteiger partial charge in [-0.3, -0.25) is 9.20 Å². The Bertz CT molecular complexity index is 879. The molecule has 1 atom stereocenters. The summed E-state index contributed by atoms with van der Waals surface area (Å²) in [5.41, 5.74) is 2.41. The number of hydrogen-bond donors (Lipinski definition) is 0. The first-order chi connectivity index (χ1) is 12.1. The maximum Gasteiger partial charge on any atom is 0.224 e. The molecule has 1 saturated heterocycles. The van der Waals surface area contributed by atoms with Gasteiger partial charge in [0.05, 0.1) is 12.0 Å². The van der Waals surface area contributed by atoms with E-state index in [9.17, 15) is 4.79 Å². The second kappa shape index (κ2) is 6.63. The molecule has 1 amide bonds. The molecule has 0 N–H and O–H groups in total. The van der Waals surface area contributed by atoms with Gasteiger partial charge in [0.2, 0.25) is 5.91 Å². The van der Waals surface area contributed by atoms with Crippen LogP contribution in [0.15, 0.2) is 24.1 Å². The van der Waals surface area contributed by atoms with E-state index in [1.54, 1.807) is 23.9 Å². The Morgan fingerprint density at radius 2 is 2.28 bits per heavy atom. The maximum absolute atomic E-state index is 12.6. The Hall–Kier alpha value is -2.15. The van der Waals surface area contributed by atoms with Crippen LogP contribution in [0.5, 0.6) is 0 Å². The first-order valence-electron chi connectivity index (χ1n) is 8.80. The summed E-state index contributed by atoms with van der Waals surface area (Å²) in [5, 5.41) is 2.18. The number of amides is 1. The van der Waals surface area contributed by atoms with E-state index in [4.69, 9.17) is 4.98 Å². The summed E-state index contributed by atoms with van der Waals surface area (Å²) < 4.78 is 4.19. The first kappa shape index (κ1) is 16.3. The van der Waals surface area contributed by atoms with E-state index < -0.39 is 0 Å². The molecule has 6 nitrogen and oxygen atoms in total. The lowest BCUT2D eigenvalue weighted by Crippen LogP contribution is -2.39. The van der Waals surface area contributed by atoms with Crippen molar-refractivity contribution in [3.63, 3.8) is 0 Å². The summed E-state index contributed by atoms with van der Waals surface area (Å²) in [4.78, 5) is 24.7. The summed E-state index contributed by atoms with van der Waals surface area (Å²) in [6.45, 7) is 6.52. The van der Waals surface area contributed by atoms with Crippen LogP contribution in [0.4, 0.5) is 0 Å². The predicted octanol–water partition coefficient (Wildman–Crippen LogP) is 3.01. The van der Waals surface area contributed by atoms with Gasteiger partial charge in [0.1, 0.15) is 10.7 Å². The van der Waals surface area contributed by atoms with Gasteiger partial charge in [-0.15, -0.1) is 11.3 Å². The minimum absolute atomic E-state index is 0.230. The highest BCUT2D eigenvalue weighted by Crippen LogP contribution is 2.33. The Kier molecular flexibility index (Phi) is 4.33. The third-order valence-corrected chi connectivity index (χ3v) is 6.10. The molecular formula is C18H23N5OS. The topological polar surface area (TPSA) is 55.4 Å². The molecule has 132 valence electrons. The van der Waals surface area contributed by atoms with Crippen molar-refractivity contribution in [3.05, 3.63) is 41.3 Å². The number of carbonyl (C=O) groups is 1. The van der Waals surface area contributed by atoms with Crippen LogP contribution in [0.3, 0.4) is 0 Å². The summed E-state index contributed by atoms with van der Waals surface area (Å²) in [6, 6.07) is 0. The van der Waals surface area contributed by atoms with Crippen molar-refractivity contribution in [2.75, 3.05) is 13.1 Å². The molecule has 0 aromatic carbocycles. The van der Waals surface area contributed by atoms with Gasteiger partial charge in [-0.2, -0.15) is 0 Å². The zero-order chi connectivity index (χ0) is 17.4. The molecule has 1 fully saturated rings. The molecule has 0 saturated carbocycles. The zero-order valence-corrected chi connectivity index (χ0v) is 15.5. The second-order valence-corrected chi connectivity index (χ2v) is 7.65. The molecule has 1 aliphatic heterocycles. The van der Waals surface area contributed by atoms with Crippen LogP contribution < -0.4 is 0 Å². The van der Waals surface area contributed by atoms with E-state index in [0.29, 0.717) is 18.9 Å². The van der Waals surface area contributed by atoms with E-state index in [0.717, 1.165) is 31.8 Å². The molecule has 25 heavy (non-hydrogen) atoms. The summed E-state index contributed by atoms with van der Waals surface area (Å²) in [5.74, 6) is 1.62. The van der Waals surface area contributed by atoms with Crippen molar-refractivity contribution in [2.24, 2.45) is 0 Å². The number of carbonyl (C=O) groups excluding carboxylic acids is 1. The molecular weight excluding hydrogens is 334 g/mol. The van der Waals surface area contributed by atoms with Crippen molar-refractivity contribution in [2.45, 2.75) is 45.6 Å². The van der Waals surface area contributed by atoms with Crippen molar-refractivity contribution < 1.29 is 4.79 Å². The lowest BCUT2D eigenvalue weighted by Gasteiger charge is -2.32. The highest BCUT2D eigenvalue weighted by Gasteiger charge is 2.28. The molecule has 0 bridgehead atoms. The van der Waals surface area contributed by atoms with Gasteiger partial charge < -0.3 is 9.47 Å². The molecule has 0 radical (unpaired) electrons. The fourth-order valence-electron chi connectivity index (χ4n) is 3.75. The Labute approximate surface area is 151 Å². The monoisotopic (exact) mass is 357 g/mol. The number of hydrogen-bond acceptors (Lipinski definition) is 4. The number of nitrogens with zero attached hydrogens (tertiary/aromatic N) is 5. The van der Waals surface area contributed by atoms with Crippen LogP contribution in [-0.2, 0) is 11.3 Å². The van der Waals surface area contributed by atoms with Crippen molar-refractivity contribution >= 4 is 22.1 Å². The molecule has 0 unspecified atom stereocenters. The maximum atomic E-state index is 12.6. The quantitative estimate of drug-likeness (QED) is 0.721. The Morgan fingerprint density at radius 3 is 3.08 bits per heavy atom. The summed E-state index contributed by atoms with van der Waals surface area (Å²) in [6.07, 6.45) is 8.08. The lowest BCUT2D eigenvalue weighted by molar-refractivity contribution is -0.132. The number of likely N-dealkylation sites (tertiary alicyclic amines) is 1. The van der Waals surface area contributed by atoms with E-state index >= 15 is 0 Å². The van der Waals surface area contributed by atoms with Crippen molar-refractivity contribution in [1.29, 1.82) is 0 Å². The minimum Gasteiger partial charge on any atom is -0.342 e. The molecule has 0 aliphatic carbocycles. The molecule has 4 rings (SSSR count). The number of thiazole rings is 1. The normalized spacial score (nSPS) is 18.2. The first-order valence-corrected chi connectivity index (χ1v) is 9.68. The largest absolute Gasteiger partial charge is 0.342 e. The highest BCUT2D eigenvalue weighted by atomic mass is 32.1. The van der Waals surface area contributed by atoms with Crippen LogP contribution >= 0.6 is 11.3 Å². The second-order valence-electron chi connectivity index (χ2n) is 6.79. The van der Waals surface area contributed by atoms with Crippen LogP contribution in [0.2, 0.25) is 0 Å². The average Bonchev–Trinajstić information content (AvgIpc) is 3.33. The van der Waals surface area contributed by atoms with Gasteiger partial charge in [-0.05, 0) is 26.7 Å². The molecule has 3 aromatic rings. The van der Waals surface area contributed by atoms with Crippen LogP contribution in [0, 0.1) is 13.8 Å². The zero-order valence-electron chi connectivity index (χ0n) is 14.7. The number of aryl methyl sites for hydroxylation is 3. The number of fused-ring (bicyclic) bond motifs is 1. The van der Waals surface area contributed by atoms with Gasteiger partial charge in [0.25, 0.3) is 0 Å². The van der Waals surface area contributed by atoms with E-state index in [1.165, 1.54) is 16.2 Å². The third-order valence-electron chi connectivity index (χ3n) is 5.03. The van der Waals surface area contributed by atoms with Crippen LogP contribution in [-0.4, -0.2) is 42.8 Å². The van der Waals surface area contributed by atoms with Crippen LogP contribution in [0.1, 0.15) is 42.4 Å². The fourth-order valence-corrected chi connectivity index (χ4v) is 4.85. The average molecular weight is 357 g/mol. The number of piperidine rings is 1. The summed E-state index contributed by atoms with van der Waals surface area (Å²) >= 11 is 1.76. The number of imidazole rings is 2.